The van der Waals surface area contributed by atoms with Gasteiger partial charge in [-0.1, -0.05) is 18.3 Å². The number of hydrogen-bond acceptors (Lipinski definition) is 6. The molecule has 0 bridgehead atoms. The van der Waals surface area contributed by atoms with Crippen LogP contribution >= 0.6 is 11.3 Å². The quantitative estimate of drug-likeness (QED) is 0.815. The predicted octanol–water partition coefficient (Wildman–Crippen LogP) is 1.75. The molecular formula is C11H17N3O2S. The van der Waals surface area contributed by atoms with E-state index in [0.29, 0.717) is 10.8 Å². The van der Waals surface area contributed by atoms with E-state index in [2.05, 4.69) is 21.5 Å². The summed E-state index contributed by atoms with van der Waals surface area (Å²) in [6.45, 7) is 4.19. The van der Waals surface area contributed by atoms with Crippen LogP contribution in [-0.4, -0.2) is 31.2 Å². The number of carbonyl (C=O) groups is 1. The fraction of sp³-hybridized carbons (Fsp3) is 0.636. The molecule has 0 unspecified atom stereocenters. The van der Waals surface area contributed by atoms with Crippen molar-refractivity contribution in [3.8, 4) is 0 Å². The van der Waals surface area contributed by atoms with Crippen LogP contribution in [0.3, 0.4) is 0 Å². The Morgan fingerprint density at radius 3 is 3.06 bits per heavy atom. The molecule has 0 amide bonds. The molecule has 1 saturated heterocycles. The van der Waals surface area contributed by atoms with Gasteiger partial charge in [0.2, 0.25) is 0 Å². The van der Waals surface area contributed by atoms with Crippen molar-refractivity contribution in [1.82, 2.24) is 4.98 Å². The topological polar surface area (TPSA) is 68.5 Å². The number of carbonyl (C=O) groups excluding carboxylic acids is 1. The maximum absolute atomic E-state index is 11.4. The third-order valence-electron chi connectivity index (χ3n) is 2.94. The maximum Gasteiger partial charge on any atom is 0.351 e. The van der Waals surface area contributed by atoms with E-state index < -0.39 is 5.97 Å². The number of piperidine rings is 1. The molecular weight excluding hydrogens is 238 g/mol. The molecule has 17 heavy (non-hydrogen) atoms. The molecule has 0 saturated carbocycles. The molecule has 0 aliphatic carbocycles. The van der Waals surface area contributed by atoms with E-state index >= 15 is 0 Å². The fourth-order valence-electron chi connectivity index (χ4n) is 2.06. The number of thiazole rings is 1. The summed E-state index contributed by atoms with van der Waals surface area (Å²) in [6, 6.07) is 0. The zero-order valence-corrected chi connectivity index (χ0v) is 10.9. The van der Waals surface area contributed by atoms with Gasteiger partial charge < -0.3 is 15.4 Å². The number of nitrogens with zero attached hydrogens (tertiary/aromatic N) is 2. The molecule has 5 nitrogen and oxygen atoms in total. The van der Waals surface area contributed by atoms with Crippen molar-refractivity contribution < 1.29 is 9.53 Å². The monoisotopic (exact) mass is 255 g/mol. The van der Waals surface area contributed by atoms with E-state index in [1.807, 2.05) is 0 Å². The summed E-state index contributed by atoms with van der Waals surface area (Å²) in [4.78, 5) is 18.3. The summed E-state index contributed by atoms with van der Waals surface area (Å²) in [5.41, 5.74) is 5.73. The predicted molar refractivity (Wildman–Crippen MR) is 68.5 cm³/mol. The lowest BCUT2D eigenvalue weighted by molar-refractivity contribution is 0.0607. The third-order valence-corrected chi connectivity index (χ3v) is 4.05. The van der Waals surface area contributed by atoms with Crippen molar-refractivity contribution in [2.45, 2.75) is 19.8 Å². The van der Waals surface area contributed by atoms with Crippen LogP contribution in [-0.2, 0) is 4.74 Å². The van der Waals surface area contributed by atoms with E-state index in [-0.39, 0.29) is 5.82 Å². The van der Waals surface area contributed by atoms with Crippen molar-refractivity contribution >= 4 is 28.3 Å². The average molecular weight is 255 g/mol. The van der Waals surface area contributed by atoms with E-state index in [0.717, 1.165) is 24.6 Å². The molecule has 1 aromatic heterocycles. The van der Waals surface area contributed by atoms with Crippen LogP contribution in [0, 0.1) is 5.92 Å². The molecule has 2 rings (SSSR count). The van der Waals surface area contributed by atoms with Gasteiger partial charge in [-0.3, -0.25) is 0 Å². The fourth-order valence-corrected chi connectivity index (χ4v) is 3.00. The SMILES string of the molecule is COC(=O)c1sc(N2CCC[C@@H](C)C2)nc1N. The second kappa shape index (κ2) is 4.91. The van der Waals surface area contributed by atoms with Gasteiger partial charge in [-0.25, -0.2) is 9.78 Å². The highest BCUT2D eigenvalue weighted by Crippen LogP contribution is 2.31. The molecule has 2 N–H and O–H groups in total. The van der Waals surface area contributed by atoms with Gasteiger partial charge in [0.1, 0.15) is 0 Å². The van der Waals surface area contributed by atoms with Gasteiger partial charge in [0.15, 0.2) is 15.8 Å². The largest absolute Gasteiger partial charge is 0.465 e. The van der Waals surface area contributed by atoms with Crippen LogP contribution in [0.1, 0.15) is 29.4 Å². The van der Waals surface area contributed by atoms with Gasteiger partial charge in [-0.05, 0) is 18.8 Å². The number of rotatable bonds is 2. The van der Waals surface area contributed by atoms with Crippen LogP contribution in [0.25, 0.3) is 0 Å². The smallest absolute Gasteiger partial charge is 0.351 e. The number of anilines is 2. The number of aromatic nitrogens is 1. The standard InChI is InChI=1S/C11H17N3O2S/c1-7-4-3-5-14(6-7)11-13-9(12)8(17-11)10(15)16-2/h7H,3-6,12H2,1-2H3/t7-/m1/s1. The van der Waals surface area contributed by atoms with Gasteiger partial charge in [-0.15, -0.1) is 0 Å². The molecule has 1 aliphatic rings. The lowest BCUT2D eigenvalue weighted by atomic mass is 10.0. The minimum atomic E-state index is -0.406. The van der Waals surface area contributed by atoms with E-state index in [1.54, 1.807) is 0 Å². The first-order valence-electron chi connectivity index (χ1n) is 5.71. The first-order chi connectivity index (χ1) is 8.11. The third kappa shape index (κ3) is 2.52. The van der Waals surface area contributed by atoms with E-state index in [9.17, 15) is 4.79 Å². The minimum Gasteiger partial charge on any atom is -0.465 e. The second-order valence-corrected chi connectivity index (χ2v) is 5.37. The van der Waals surface area contributed by atoms with Gasteiger partial charge in [0.25, 0.3) is 0 Å². The van der Waals surface area contributed by atoms with E-state index in [1.165, 1.54) is 24.9 Å². The number of nitrogens with two attached hydrogens (primary N) is 1. The molecule has 1 aromatic rings. The Hall–Kier alpha value is -1.30. The van der Waals surface area contributed by atoms with Crippen LogP contribution in [0.2, 0.25) is 0 Å². The lowest BCUT2D eigenvalue weighted by Gasteiger charge is -2.30. The Kier molecular flexibility index (Phi) is 3.51. The second-order valence-electron chi connectivity index (χ2n) is 4.40. The Bertz CT molecular complexity index is 419. The Morgan fingerprint density at radius 1 is 1.65 bits per heavy atom. The highest BCUT2D eigenvalue weighted by atomic mass is 32.1. The Labute approximate surface area is 105 Å². The van der Waals surface area contributed by atoms with Crippen molar-refractivity contribution in [2.24, 2.45) is 5.92 Å². The summed E-state index contributed by atoms with van der Waals surface area (Å²) in [6.07, 6.45) is 2.41. The summed E-state index contributed by atoms with van der Waals surface area (Å²) in [5.74, 6) is 0.529. The molecule has 0 aromatic carbocycles. The molecule has 1 aliphatic heterocycles. The van der Waals surface area contributed by atoms with Gasteiger partial charge in [-0.2, -0.15) is 0 Å². The number of esters is 1. The van der Waals surface area contributed by atoms with Crippen LogP contribution in [0.5, 0.6) is 0 Å². The first-order valence-corrected chi connectivity index (χ1v) is 6.53. The maximum atomic E-state index is 11.4. The summed E-state index contributed by atoms with van der Waals surface area (Å²) in [7, 11) is 1.35. The lowest BCUT2D eigenvalue weighted by Crippen LogP contribution is -2.34. The minimum absolute atomic E-state index is 0.273. The number of hydrogen-bond donors (Lipinski definition) is 1. The molecule has 2 heterocycles. The van der Waals surface area contributed by atoms with Gasteiger partial charge in [0.05, 0.1) is 7.11 Å². The van der Waals surface area contributed by atoms with Crippen molar-refractivity contribution in [1.29, 1.82) is 0 Å². The van der Waals surface area contributed by atoms with Crippen molar-refractivity contribution in [2.75, 3.05) is 30.8 Å². The number of ether oxygens (including phenoxy) is 1. The average Bonchev–Trinajstić information content (AvgIpc) is 2.70. The van der Waals surface area contributed by atoms with E-state index in [4.69, 9.17) is 5.73 Å². The van der Waals surface area contributed by atoms with Crippen molar-refractivity contribution in [3.05, 3.63) is 4.88 Å². The Balaban J connectivity index is 2.19. The summed E-state index contributed by atoms with van der Waals surface area (Å²) < 4.78 is 4.67. The normalized spacial score (nSPS) is 20.4. The molecule has 1 atom stereocenters. The summed E-state index contributed by atoms with van der Waals surface area (Å²) >= 11 is 1.32. The summed E-state index contributed by atoms with van der Waals surface area (Å²) in [5, 5.41) is 0.828. The van der Waals surface area contributed by atoms with Crippen molar-refractivity contribution in [3.63, 3.8) is 0 Å². The number of methoxy groups -OCH3 is 1. The highest BCUT2D eigenvalue weighted by molar-refractivity contribution is 7.18. The molecule has 1 fully saturated rings. The zero-order valence-electron chi connectivity index (χ0n) is 10.1. The highest BCUT2D eigenvalue weighted by Gasteiger charge is 2.23. The number of nitrogen functional groups attached to an aromatic ring is 1. The Morgan fingerprint density at radius 2 is 2.41 bits per heavy atom. The van der Waals surface area contributed by atoms with Gasteiger partial charge in [0, 0.05) is 13.1 Å². The molecule has 6 heteroatoms. The first kappa shape index (κ1) is 12.2. The molecule has 94 valence electrons. The van der Waals surface area contributed by atoms with Crippen LogP contribution in [0.15, 0.2) is 0 Å². The molecule has 0 spiro atoms. The zero-order chi connectivity index (χ0) is 12.4. The van der Waals surface area contributed by atoms with Crippen LogP contribution < -0.4 is 10.6 Å². The van der Waals surface area contributed by atoms with Crippen LogP contribution in [0.4, 0.5) is 10.9 Å². The van der Waals surface area contributed by atoms with Gasteiger partial charge >= 0.3 is 5.97 Å². The molecule has 0 radical (unpaired) electrons.